The summed E-state index contributed by atoms with van der Waals surface area (Å²) in [6.07, 6.45) is 2.92. The smallest absolute Gasteiger partial charge is 0.0689 e. The Balaban J connectivity index is 2.22. The van der Waals surface area contributed by atoms with Crippen molar-refractivity contribution in [2.75, 3.05) is 19.3 Å². The van der Waals surface area contributed by atoms with Crippen molar-refractivity contribution in [1.29, 1.82) is 0 Å². The molecule has 0 spiro atoms. The molecule has 1 rings (SSSR count). The molecule has 1 heterocycles. The number of nitrogens with zero attached hydrogens (tertiary/aromatic N) is 1. The van der Waals surface area contributed by atoms with E-state index in [0.717, 1.165) is 19.5 Å². The molecule has 0 aromatic heterocycles. The molecule has 2 nitrogen and oxygen atoms in total. The highest BCUT2D eigenvalue weighted by molar-refractivity contribution is 7.96. The van der Waals surface area contributed by atoms with E-state index in [9.17, 15) is 0 Å². The summed E-state index contributed by atoms with van der Waals surface area (Å²) >= 11 is 1.71. The summed E-state index contributed by atoms with van der Waals surface area (Å²) in [7, 11) is 0. The number of β-amino-alcohol motifs (C(OH)–C–C–N with tert-alkyl or cyclic N) is 1. The number of rotatable bonds is 1. The third-order valence-corrected chi connectivity index (χ3v) is 2.23. The lowest BCUT2D eigenvalue weighted by Crippen LogP contribution is -2.13. The molecule has 1 saturated heterocycles. The molecular weight excluding hydrogens is 122 g/mol. The zero-order valence-electron chi connectivity index (χ0n) is 5.00. The lowest BCUT2D eigenvalue weighted by atomic mass is 10.3. The Bertz CT molecular complexity index is 78.8. The van der Waals surface area contributed by atoms with Gasteiger partial charge in [-0.15, -0.1) is 0 Å². The van der Waals surface area contributed by atoms with E-state index in [2.05, 4.69) is 4.31 Å². The monoisotopic (exact) mass is 133 g/mol. The van der Waals surface area contributed by atoms with Crippen molar-refractivity contribution >= 4 is 11.9 Å². The Hall–Kier alpha value is 0.270. The Morgan fingerprint density at radius 3 is 2.75 bits per heavy atom. The van der Waals surface area contributed by atoms with Crippen molar-refractivity contribution in [1.82, 2.24) is 4.31 Å². The van der Waals surface area contributed by atoms with E-state index < -0.39 is 0 Å². The van der Waals surface area contributed by atoms with E-state index in [1.54, 1.807) is 11.9 Å². The Kier molecular flexibility index (Phi) is 2.16. The van der Waals surface area contributed by atoms with Gasteiger partial charge in [0.25, 0.3) is 0 Å². The first kappa shape index (κ1) is 6.39. The predicted molar refractivity (Wildman–Crippen MR) is 35.7 cm³/mol. The van der Waals surface area contributed by atoms with Gasteiger partial charge >= 0.3 is 0 Å². The summed E-state index contributed by atoms with van der Waals surface area (Å²) in [5, 5.41) is 8.98. The van der Waals surface area contributed by atoms with Crippen LogP contribution in [0.4, 0.5) is 0 Å². The van der Waals surface area contributed by atoms with Crippen molar-refractivity contribution in [2.24, 2.45) is 0 Å². The topological polar surface area (TPSA) is 23.5 Å². The predicted octanol–water partition coefficient (Wildman–Crippen LogP) is 0.331. The van der Waals surface area contributed by atoms with Gasteiger partial charge in [-0.25, -0.2) is 4.31 Å². The van der Waals surface area contributed by atoms with Gasteiger partial charge in [0.2, 0.25) is 0 Å². The number of aliphatic hydroxyl groups excluding tert-OH is 1. The van der Waals surface area contributed by atoms with Crippen LogP contribution in [0.25, 0.3) is 0 Å². The Labute approximate surface area is 54.0 Å². The van der Waals surface area contributed by atoms with Crippen LogP contribution in [0, 0.1) is 0 Å². The third kappa shape index (κ3) is 1.37. The maximum Gasteiger partial charge on any atom is 0.0689 e. The van der Waals surface area contributed by atoms with E-state index in [1.807, 2.05) is 6.26 Å². The fourth-order valence-corrected chi connectivity index (χ4v) is 1.49. The SMILES string of the molecule is CSN1CC[C@@H](O)C1. The van der Waals surface area contributed by atoms with Crippen molar-refractivity contribution in [2.45, 2.75) is 12.5 Å². The Morgan fingerprint density at radius 1 is 1.75 bits per heavy atom. The molecule has 3 heteroatoms. The van der Waals surface area contributed by atoms with Crippen molar-refractivity contribution in [3.8, 4) is 0 Å². The molecule has 1 aliphatic heterocycles. The Morgan fingerprint density at radius 2 is 2.50 bits per heavy atom. The quantitative estimate of drug-likeness (QED) is 0.521. The molecule has 0 aromatic rings. The second-order valence-electron chi connectivity index (χ2n) is 2.01. The van der Waals surface area contributed by atoms with Gasteiger partial charge in [0.05, 0.1) is 6.10 Å². The average Bonchev–Trinajstić information content (AvgIpc) is 2.14. The summed E-state index contributed by atoms with van der Waals surface area (Å²) < 4.78 is 2.17. The van der Waals surface area contributed by atoms with Gasteiger partial charge in [0, 0.05) is 13.1 Å². The van der Waals surface area contributed by atoms with Gasteiger partial charge < -0.3 is 5.11 Å². The summed E-state index contributed by atoms with van der Waals surface area (Å²) in [4.78, 5) is 0. The van der Waals surface area contributed by atoms with Crippen LogP contribution < -0.4 is 0 Å². The minimum absolute atomic E-state index is 0.0672. The summed E-state index contributed by atoms with van der Waals surface area (Å²) in [6.45, 7) is 1.89. The van der Waals surface area contributed by atoms with Gasteiger partial charge in [-0.3, -0.25) is 0 Å². The van der Waals surface area contributed by atoms with Gasteiger partial charge in [-0.2, -0.15) is 0 Å². The lowest BCUT2D eigenvalue weighted by Gasteiger charge is -2.07. The zero-order chi connectivity index (χ0) is 5.98. The molecule has 48 valence electrons. The minimum atomic E-state index is -0.0672. The van der Waals surface area contributed by atoms with Crippen LogP contribution in [-0.2, 0) is 0 Å². The van der Waals surface area contributed by atoms with Gasteiger partial charge in [-0.1, -0.05) is 11.9 Å². The van der Waals surface area contributed by atoms with E-state index in [1.165, 1.54) is 0 Å². The normalized spacial score (nSPS) is 31.5. The minimum Gasteiger partial charge on any atom is -0.392 e. The molecule has 0 amide bonds. The van der Waals surface area contributed by atoms with E-state index in [4.69, 9.17) is 5.11 Å². The molecular formula is C5H11NOS. The summed E-state index contributed by atoms with van der Waals surface area (Å²) in [6, 6.07) is 0. The highest BCUT2D eigenvalue weighted by Gasteiger charge is 2.18. The van der Waals surface area contributed by atoms with E-state index in [-0.39, 0.29) is 6.10 Å². The standard InChI is InChI=1S/C5H11NOS/c1-8-6-3-2-5(7)4-6/h5,7H,2-4H2,1H3/t5-/m1/s1. The molecule has 1 fully saturated rings. The van der Waals surface area contributed by atoms with Crippen LogP contribution in [0.5, 0.6) is 0 Å². The summed E-state index contributed by atoms with van der Waals surface area (Å²) in [5.41, 5.74) is 0. The molecule has 0 aliphatic carbocycles. The molecule has 1 atom stereocenters. The second kappa shape index (κ2) is 2.71. The summed E-state index contributed by atoms with van der Waals surface area (Å²) in [5.74, 6) is 0. The molecule has 0 unspecified atom stereocenters. The van der Waals surface area contributed by atoms with Crippen molar-refractivity contribution in [3.63, 3.8) is 0 Å². The molecule has 0 aromatic carbocycles. The first-order valence-electron chi connectivity index (χ1n) is 2.80. The average molecular weight is 133 g/mol. The van der Waals surface area contributed by atoms with Crippen LogP contribution in [-0.4, -0.2) is 34.9 Å². The van der Waals surface area contributed by atoms with E-state index in [0.29, 0.717) is 0 Å². The maximum atomic E-state index is 8.98. The van der Waals surface area contributed by atoms with Crippen LogP contribution >= 0.6 is 11.9 Å². The third-order valence-electron chi connectivity index (χ3n) is 1.38. The highest BCUT2D eigenvalue weighted by Crippen LogP contribution is 2.15. The van der Waals surface area contributed by atoms with Gasteiger partial charge in [0.1, 0.15) is 0 Å². The number of aliphatic hydroxyl groups is 1. The second-order valence-corrected chi connectivity index (χ2v) is 2.89. The van der Waals surface area contributed by atoms with Crippen LogP contribution in [0.15, 0.2) is 0 Å². The zero-order valence-corrected chi connectivity index (χ0v) is 5.82. The van der Waals surface area contributed by atoms with Gasteiger partial charge in [-0.05, 0) is 12.7 Å². The maximum absolute atomic E-state index is 8.98. The van der Waals surface area contributed by atoms with Crippen LogP contribution in [0.1, 0.15) is 6.42 Å². The molecule has 1 aliphatic rings. The van der Waals surface area contributed by atoms with Crippen LogP contribution in [0.3, 0.4) is 0 Å². The highest BCUT2D eigenvalue weighted by atomic mass is 32.2. The molecule has 1 N–H and O–H groups in total. The molecule has 0 radical (unpaired) electrons. The largest absolute Gasteiger partial charge is 0.392 e. The number of hydrogen-bond acceptors (Lipinski definition) is 3. The fraction of sp³-hybridized carbons (Fsp3) is 1.00. The van der Waals surface area contributed by atoms with Gasteiger partial charge in [0.15, 0.2) is 0 Å². The fourth-order valence-electron chi connectivity index (χ4n) is 0.876. The molecule has 0 bridgehead atoms. The van der Waals surface area contributed by atoms with Crippen molar-refractivity contribution in [3.05, 3.63) is 0 Å². The molecule has 8 heavy (non-hydrogen) atoms. The lowest BCUT2D eigenvalue weighted by molar-refractivity contribution is 0.190. The molecule has 0 saturated carbocycles. The van der Waals surface area contributed by atoms with Crippen molar-refractivity contribution < 1.29 is 5.11 Å². The first-order valence-corrected chi connectivity index (χ1v) is 3.98. The first-order chi connectivity index (χ1) is 3.83. The van der Waals surface area contributed by atoms with E-state index >= 15 is 0 Å². The number of hydrogen-bond donors (Lipinski definition) is 1. The van der Waals surface area contributed by atoms with Crippen LogP contribution in [0.2, 0.25) is 0 Å².